The number of furan rings is 2. The predicted molar refractivity (Wildman–Crippen MR) is 268 cm³/mol. The molecule has 0 saturated carbocycles. The van der Waals surface area contributed by atoms with Crippen LogP contribution in [0.5, 0.6) is 0 Å². The topological polar surface area (TPSA) is 104 Å². The molecule has 0 fully saturated rings. The van der Waals surface area contributed by atoms with Crippen molar-refractivity contribution in [3.63, 3.8) is 0 Å². The number of hydrogen-bond acceptors (Lipinski definition) is 8. The van der Waals surface area contributed by atoms with E-state index >= 15 is 0 Å². The molecule has 0 bridgehead atoms. The van der Waals surface area contributed by atoms with Crippen LogP contribution in [0.25, 0.3) is 89.2 Å². The van der Waals surface area contributed by atoms with E-state index in [1.54, 1.807) is 54.7 Å². The minimum absolute atomic E-state index is 0. The van der Waals surface area contributed by atoms with Gasteiger partial charge in [-0.3, -0.25) is 0 Å². The third-order valence-electron chi connectivity index (χ3n) is 10.3. The summed E-state index contributed by atoms with van der Waals surface area (Å²) in [6.07, 6.45) is 5.93. The zero-order valence-corrected chi connectivity index (χ0v) is 41.7. The van der Waals surface area contributed by atoms with Gasteiger partial charge in [0.15, 0.2) is 0 Å². The first-order valence-corrected chi connectivity index (χ1v) is 21.1. The maximum absolute atomic E-state index is 7.43. The number of fused-ring (bicyclic) bond motifs is 6. The summed E-state index contributed by atoms with van der Waals surface area (Å²) in [5.41, 5.74) is 11.5. The SMILES string of the molecule is Cc1ccc2c(n1)oc1c(-c3ccccn3)[c-]ccc12.[2H]C([2H])([2H])c1ccc(-c2[c-]ccc3c2oc2nc(C)ccc23)nc1.[2H]C([2H])([2H])c1ccc(-c2[c-]cccc2)nc1.[2H]C([2H])([2H])c1ccc(-c2[c-]cccc2)nc1.[Ir].[Ir]. The van der Waals surface area contributed by atoms with Crippen molar-refractivity contribution in [2.45, 2.75) is 34.4 Å². The second-order valence-electron chi connectivity index (χ2n) is 15.1. The monoisotopic (exact) mass is 1260 g/mol. The second kappa shape index (κ2) is 23.1. The fourth-order valence-electron chi connectivity index (χ4n) is 7.07. The molecule has 10 heteroatoms. The Kier molecular flexibility index (Phi) is 12.9. The zero-order chi connectivity index (χ0) is 53.6. The van der Waals surface area contributed by atoms with Crippen LogP contribution in [0.2, 0.25) is 0 Å². The Labute approximate surface area is 441 Å². The molecule has 8 nitrogen and oxygen atoms in total. The molecule has 12 rings (SSSR count). The van der Waals surface area contributed by atoms with Crippen LogP contribution in [0.15, 0.2) is 185 Å². The molecule has 0 aliphatic rings. The summed E-state index contributed by atoms with van der Waals surface area (Å²) in [6, 6.07) is 58.6. The molecule has 0 amide bonds. The van der Waals surface area contributed by atoms with Crippen molar-refractivity contribution < 1.29 is 61.4 Å². The molecule has 0 N–H and O–H groups in total. The van der Waals surface area contributed by atoms with Gasteiger partial charge >= 0.3 is 0 Å². The van der Waals surface area contributed by atoms with E-state index in [0.717, 1.165) is 72.3 Å². The molecule has 2 radical (unpaired) electrons. The van der Waals surface area contributed by atoms with E-state index in [1.807, 2.05) is 117 Å². The summed E-state index contributed by atoms with van der Waals surface area (Å²) in [5, 5.41) is 3.95. The molecule has 344 valence electrons. The van der Waals surface area contributed by atoms with E-state index in [4.69, 9.17) is 21.2 Å². The van der Waals surface area contributed by atoms with E-state index < -0.39 is 20.6 Å². The number of pyridine rings is 6. The molecule has 0 saturated heterocycles. The largest absolute Gasteiger partial charge is 0.486 e. The molecule has 8 heterocycles. The Morgan fingerprint density at radius 2 is 0.855 bits per heavy atom. The number of hydrogen-bond donors (Lipinski definition) is 0. The third-order valence-corrected chi connectivity index (χ3v) is 10.3. The van der Waals surface area contributed by atoms with Gasteiger partial charge in [-0.15, -0.1) is 108 Å². The molecule has 0 aliphatic heterocycles. The van der Waals surface area contributed by atoms with Gasteiger partial charge in [0, 0.05) is 99.5 Å². The summed E-state index contributed by atoms with van der Waals surface area (Å²) in [4.78, 5) is 25.8. The minimum Gasteiger partial charge on any atom is -0.486 e. The van der Waals surface area contributed by atoms with E-state index in [2.05, 4.69) is 54.2 Å². The molecule has 69 heavy (non-hydrogen) atoms. The second-order valence-corrected chi connectivity index (χ2v) is 15.1. The van der Waals surface area contributed by atoms with Gasteiger partial charge in [0.25, 0.3) is 0 Å². The van der Waals surface area contributed by atoms with Crippen LogP contribution in [-0.2, 0) is 40.2 Å². The van der Waals surface area contributed by atoms with Gasteiger partial charge in [0.2, 0.25) is 11.4 Å². The minimum atomic E-state index is -2.16. The Morgan fingerprint density at radius 1 is 0.406 bits per heavy atom. The first-order valence-electron chi connectivity index (χ1n) is 25.6. The standard InChI is InChI=1S/C18H13N2O.C17H11N2O.2C12H10N.2Ir/c1-11-6-9-16(19-10-11)15-5-3-4-13-14-8-7-12(2)20-18(14)21-17(13)15;1-11-8-9-13-12-5-4-6-14(15-7-2-3-10-18-15)16(12)20-17(13)19-11;2*1-10-7-8-12(13-9-10)11-5-3-2-4-6-11;;/h3-4,6-10H,1-2H3;2-5,7-10H,1H3;2*2-5,7-9H,1H3;;/q4*-1;;/i1D3;;2*1D3;;. The molecule has 0 atom stereocenters. The zero-order valence-electron chi connectivity index (χ0n) is 45.9. The number of aryl methyl sites for hydroxylation is 5. The summed E-state index contributed by atoms with van der Waals surface area (Å²) in [5.74, 6) is 0. The van der Waals surface area contributed by atoms with Crippen molar-refractivity contribution in [3.05, 3.63) is 229 Å². The average molecular weight is 1260 g/mol. The molecule has 4 aromatic carbocycles. The van der Waals surface area contributed by atoms with Crippen molar-refractivity contribution in [2.24, 2.45) is 0 Å². The van der Waals surface area contributed by atoms with Crippen LogP contribution in [0, 0.1) is 58.7 Å². The van der Waals surface area contributed by atoms with Gasteiger partial charge in [-0.1, -0.05) is 70.4 Å². The van der Waals surface area contributed by atoms with Crippen LogP contribution >= 0.6 is 0 Å². The van der Waals surface area contributed by atoms with Gasteiger partial charge in [-0.05, 0) is 104 Å². The van der Waals surface area contributed by atoms with Crippen LogP contribution in [-0.4, -0.2) is 29.9 Å². The Hall–Kier alpha value is -7.32. The van der Waals surface area contributed by atoms with Gasteiger partial charge < -0.3 is 28.8 Å². The summed E-state index contributed by atoms with van der Waals surface area (Å²) < 4.78 is 77.6. The van der Waals surface area contributed by atoms with Crippen LogP contribution < -0.4 is 0 Å². The average Bonchev–Trinajstić information content (AvgIpc) is 4.12. The quantitative estimate of drug-likeness (QED) is 0.161. The van der Waals surface area contributed by atoms with Crippen LogP contribution in [0.3, 0.4) is 0 Å². The van der Waals surface area contributed by atoms with Crippen molar-refractivity contribution in [1.29, 1.82) is 0 Å². The van der Waals surface area contributed by atoms with Crippen molar-refractivity contribution in [2.75, 3.05) is 0 Å². The van der Waals surface area contributed by atoms with E-state index in [9.17, 15) is 0 Å². The molecular weight excluding hydrogens is 1210 g/mol. The summed E-state index contributed by atoms with van der Waals surface area (Å²) >= 11 is 0. The van der Waals surface area contributed by atoms with Crippen LogP contribution in [0.4, 0.5) is 0 Å². The molecule has 8 aromatic heterocycles. The molecule has 0 unspecified atom stereocenters. The number of rotatable bonds is 4. The van der Waals surface area contributed by atoms with E-state index in [0.29, 0.717) is 28.3 Å². The molecule has 12 aromatic rings. The molecule has 0 aliphatic carbocycles. The summed E-state index contributed by atoms with van der Waals surface area (Å²) in [6.45, 7) is -2.48. The van der Waals surface area contributed by atoms with Crippen LogP contribution in [0.1, 0.15) is 40.4 Å². The van der Waals surface area contributed by atoms with E-state index in [-0.39, 0.29) is 56.9 Å². The smallest absolute Gasteiger partial charge is 0.216 e. The Balaban J connectivity index is 0.000000152. The third kappa shape index (κ3) is 11.9. The number of benzene rings is 4. The maximum Gasteiger partial charge on any atom is 0.216 e. The predicted octanol–water partition coefficient (Wildman–Crippen LogP) is 14.3. The van der Waals surface area contributed by atoms with Crippen molar-refractivity contribution in [1.82, 2.24) is 29.9 Å². The summed E-state index contributed by atoms with van der Waals surface area (Å²) in [7, 11) is 0. The Bertz CT molecular complexity index is 3810. The fourth-order valence-corrected chi connectivity index (χ4v) is 7.07. The van der Waals surface area contributed by atoms with Gasteiger partial charge in [-0.2, -0.15) is 0 Å². The first kappa shape index (κ1) is 38.6. The van der Waals surface area contributed by atoms with E-state index in [1.165, 1.54) is 18.6 Å². The fraction of sp³-hybridized carbons (Fsp3) is 0.0847. The molecular formula is C59H44Ir2N6O2-4. The Morgan fingerprint density at radius 3 is 1.25 bits per heavy atom. The maximum atomic E-state index is 7.43. The number of nitrogens with zero attached hydrogens (tertiary/aromatic N) is 6. The normalized spacial score (nSPS) is 12.9. The van der Waals surface area contributed by atoms with Gasteiger partial charge in [0.1, 0.15) is 0 Å². The van der Waals surface area contributed by atoms with Gasteiger partial charge in [-0.25, -0.2) is 9.97 Å². The van der Waals surface area contributed by atoms with Gasteiger partial charge in [0.05, 0.1) is 11.2 Å². The van der Waals surface area contributed by atoms with Crippen molar-refractivity contribution >= 4 is 44.1 Å². The molecule has 0 spiro atoms. The van der Waals surface area contributed by atoms with Crippen molar-refractivity contribution in [3.8, 4) is 45.0 Å². The first-order chi connectivity index (χ1) is 36.4. The number of aromatic nitrogens is 6.